The number of methoxy groups -OCH3 is 1. The molecule has 1 atom stereocenters. The van der Waals surface area contributed by atoms with Crippen LogP contribution in [0.3, 0.4) is 0 Å². The molecule has 1 heterocycles. The zero-order valence-electron chi connectivity index (χ0n) is 17.5. The van der Waals surface area contributed by atoms with E-state index in [1.54, 1.807) is 37.5 Å². The maximum Gasteiger partial charge on any atom is 0.328 e. The highest BCUT2D eigenvalue weighted by Gasteiger charge is 2.23. The predicted molar refractivity (Wildman–Crippen MR) is 113 cm³/mol. The maximum absolute atomic E-state index is 12.3. The van der Waals surface area contributed by atoms with Crippen LogP contribution in [0.2, 0.25) is 0 Å². The van der Waals surface area contributed by atoms with Crippen molar-refractivity contribution in [3.63, 3.8) is 0 Å². The average Bonchev–Trinajstić information content (AvgIpc) is 2.80. The van der Waals surface area contributed by atoms with Crippen LogP contribution in [0.15, 0.2) is 42.5 Å². The molecule has 0 unspecified atom stereocenters. The van der Waals surface area contributed by atoms with E-state index in [1.165, 1.54) is 25.1 Å². The molecule has 0 spiro atoms. The second-order valence-corrected chi connectivity index (χ2v) is 6.91. The average molecular weight is 442 g/mol. The summed E-state index contributed by atoms with van der Waals surface area (Å²) in [6, 6.07) is 8.82. The summed E-state index contributed by atoms with van der Waals surface area (Å²) in [5.74, 6) is -0.0679. The lowest BCUT2D eigenvalue weighted by Crippen LogP contribution is -2.38. The lowest BCUT2D eigenvalue weighted by Gasteiger charge is -2.21. The Morgan fingerprint density at radius 2 is 2.03 bits per heavy atom. The van der Waals surface area contributed by atoms with Crippen LogP contribution >= 0.6 is 0 Å². The first-order valence-corrected chi connectivity index (χ1v) is 9.67. The van der Waals surface area contributed by atoms with E-state index < -0.39 is 22.8 Å². The zero-order chi connectivity index (χ0) is 23.1. The van der Waals surface area contributed by atoms with Crippen molar-refractivity contribution in [3.05, 3.63) is 69.3 Å². The molecule has 10 heteroatoms. The lowest BCUT2D eigenvalue weighted by atomic mass is 10.1. The molecule has 0 aromatic heterocycles. The van der Waals surface area contributed by atoms with Crippen LogP contribution in [0.5, 0.6) is 11.5 Å². The fraction of sp³-hybridized carbons (Fsp3) is 0.273. The Labute approximate surface area is 183 Å². The normalized spacial score (nSPS) is 13.6. The number of nitrogens with zero attached hydrogens (tertiary/aromatic N) is 1. The van der Waals surface area contributed by atoms with Gasteiger partial charge in [-0.2, -0.15) is 0 Å². The summed E-state index contributed by atoms with van der Waals surface area (Å²) in [5, 5.41) is 13.7. The molecule has 1 aliphatic heterocycles. The number of non-ortho nitro benzene ring substituents is 1. The number of nitro benzene ring substituents is 1. The molecule has 0 bridgehead atoms. The monoisotopic (exact) mass is 442 g/mol. The summed E-state index contributed by atoms with van der Waals surface area (Å²) in [6.07, 6.45) is 2.90. The summed E-state index contributed by atoms with van der Waals surface area (Å²) in [5.41, 5.74) is 1.48. The smallest absolute Gasteiger partial charge is 0.328 e. The number of nitro groups is 1. The summed E-state index contributed by atoms with van der Waals surface area (Å²) >= 11 is 0. The summed E-state index contributed by atoms with van der Waals surface area (Å²) in [7, 11) is 1.56. The Bertz CT molecular complexity index is 1030. The van der Waals surface area contributed by atoms with Crippen LogP contribution < -0.4 is 14.8 Å². The summed E-state index contributed by atoms with van der Waals surface area (Å²) in [4.78, 5) is 35.0. The molecular weight excluding hydrogens is 420 g/mol. The molecule has 168 valence electrons. The van der Waals surface area contributed by atoms with Gasteiger partial charge < -0.3 is 24.3 Å². The van der Waals surface area contributed by atoms with E-state index in [4.69, 9.17) is 18.9 Å². The highest BCUT2D eigenvalue weighted by molar-refractivity contribution is 5.94. The fourth-order valence-corrected chi connectivity index (χ4v) is 2.97. The Morgan fingerprint density at radius 3 is 2.72 bits per heavy atom. The van der Waals surface area contributed by atoms with Crippen LogP contribution in [-0.2, 0) is 32.3 Å². The second kappa shape index (κ2) is 10.4. The van der Waals surface area contributed by atoms with E-state index in [9.17, 15) is 19.7 Å². The number of rotatable bonds is 8. The molecule has 0 saturated heterocycles. The Kier molecular flexibility index (Phi) is 7.40. The quantitative estimate of drug-likeness (QED) is 0.286. The Hall–Kier alpha value is -3.92. The Morgan fingerprint density at radius 1 is 1.28 bits per heavy atom. The van der Waals surface area contributed by atoms with Gasteiger partial charge in [0, 0.05) is 29.3 Å². The van der Waals surface area contributed by atoms with Gasteiger partial charge in [0.2, 0.25) is 5.91 Å². The van der Waals surface area contributed by atoms with E-state index in [0.29, 0.717) is 22.6 Å². The standard InChI is InChI=1S/C22H22N2O8/c1-14(23-20(25)8-5-15-3-6-19(29-2)7-4-15)22(26)31-12-17-10-18(24(27)28)9-16-11-30-13-32-21(16)17/h3-10,14H,11-13H2,1-2H3,(H,23,25)/t14-/m0/s1. The lowest BCUT2D eigenvalue weighted by molar-refractivity contribution is -0.385. The number of nitrogens with one attached hydrogen (secondary N) is 1. The van der Waals surface area contributed by atoms with E-state index in [1.807, 2.05) is 0 Å². The molecule has 0 fully saturated rings. The van der Waals surface area contributed by atoms with Crippen LogP contribution in [0.4, 0.5) is 5.69 Å². The SMILES string of the molecule is COc1ccc(C=CC(=O)N[C@@H](C)C(=O)OCc2cc([N+](=O)[O-])cc3c2OCOC3)cc1. The number of carbonyl (C=O) groups excluding carboxylic acids is 2. The molecule has 0 aliphatic carbocycles. The number of hydrogen-bond acceptors (Lipinski definition) is 8. The zero-order valence-corrected chi connectivity index (χ0v) is 17.5. The van der Waals surface area contributed by atoms with Crippen molar-refractivity contribution in [1.82, 2.24) is 5.32 Å². The van der Waals surface area contributed by atoms with Crippen molar-refractivity contribution in [2.45, 2.75) is 26.2 Å². The molecule has 1 aliphatic rings. The van der Waals surface area contributed by atoms with Crippen LogP contribution in [0.25, 0.3) is 6.08 Å². The van der Waals surface area contributed by atoms with Crippen molar-refractivity contribution in [1.29, 1.82) is 0 Å². The van der Waals surface area contributed by atoms with Gasteiger partial charge in [-0.25, -0.2) is 4.79 Å². The molecule has 10 nitrogen and oxygen atoms in total. The van der Waals surface area contributed by atoms with Crippen LogP contribution in [-0.4, -0.2) is 36.7 Å². The number of esters is 1. The fourth-order valence-electron chi connectivity index (χ4n) is 2.97. The number of benzene rings is 2. The number of ether oxygens (including phenoxy) is 4. The molecule has 1 amide bonds. The molecule has 0 saturated carbocycles. The summed E-state index contributed by atoms with van der Waals surface area (Å²) in [6.45, 7) is 1.39. The highest BCUT2D eigenvalue weighted by Crippen LogP contribution is 2.33. The first kappa shape index (κ1) is 22.8. The minimum Gasteiger partial charge on any atom is -0.497 e. The van der Waals surface area contributed by atoms with Gasteiger partial charge in [-0.1, -0.05) is 12.1 Å². The Balaban J connectivity index is 1.57. The van der Waals surface area contributed by atoms with Gasteiger partial charge >= 0.3 is 5.97 Å². The maximum atomic E-state index is 12.3. The van der Waals surface area contributed by atoms with Crippen LogP contribution in [0, 0.1) is 10.1 Å². The molecule has 2 aromatic rings. The summed E-state index contributed by atoms with van der Waals surface area (Å²) < 4.78 is 20.9. The number of fused-ring (bicyclic) bond motifs is 1. The molecule has 0 radical (unpaired) electrons. The molecule has 3 rings (SSSR count). The van der Waals surface area contributed by atoms with E-state index in [2.05, 4.69) is 5.32 Å². The van der Waals surface area contributed by atoms with Gasteiger partial charge in [0.15, 0.2) is 6.79 Å². The number of hydrogen-bond donors (Lipinski definition) is 1. The van der Waals surface area contributed by atoms with Crippen LogP contribution in [0.1, 0.15) is 23.6 Å². The topological polar surface area (TPSA) is 126 Å². The van der Waals surface area contributed by atoms with Crippen molar-refractivity contribution in [2.24, 2.45) is 0 Å². The van der Waals surface area contributed by atoms with Gasteiger partial charge in [-0.05, 0) is 30.7 Å². The van der Waals surface area contributed by atoms with Gasteiger partial charge in [-0.3, -0.25) is 14.9 Å². The van der Waals surface area contributed by atoms with Gasteiger partial charge in [-0.15, -0.1) is 0 Å². The number of amides is 1. The van der Waals surface area contributed by atoms with Crippen molar-refractivity contribution < 1.29 is 33.5 Å². The molecule has 32 heavy (non-hydrogen) atoms. The van der Waals surface area contributed by atoms with Crippen molar-refractivity contribution in [2.75, 3.05) is 13.9 Å². The molecular formula is C22H22N2O8. The van der Waals surface area contributed by atoms with Crippen molar-refractivity contribution in [3.8, 4) is 11.5 Å². The molecule has 2 aromatic carbocycles. The van der Waals surface area contributed by atoms with E-state index in [0.717, 1.165) is 5.56 Å². The highest BCUT2D eigenvalue weighted by atomic mass is 16.7. The van der Waals surface area contributed by atoms with Gasteiger partial charge in [0.1, 0.15) is 24.1 Å². The largest absolute Gasteiger partial charge is 0.497 e. The van der Waals surface area contributed by atoms with Crippen molar-refractivity contribution >= 4 is 23.6 Å². The number of carbonyl (C=O) groups is 2. The van der Waals surface area contributed by atoms with E-state index in [-0.39, 0.29) is 25.7 Å². The minimum absolute atomic E-state index is 0.00124. The third kappa shape index (κ3) is 5.82. The second-order valence-electron chi connectivity index (χ2n) is 6.91. The van der Waals surface area contributed by atoms with Gasteiger partial charge in [0.25, 0.3) is 5.69 Å². The first-order chi connectivity index (χ1) is 15.4. The van der Waals surface area contributed by atoms with Gasteiger partial charge in [0.05, 0.1) is 18.6 Å². The predicted octanol–water partition coefficient (Wildman–Crippen LogP) is 2.73. The third-order valence-electron chi connectivity index (χ3n) is 4.61. The molecule has 1 N–H and O–H groups in total. The minimum atomic E-state index is -0.929. The first-order valence-electron chi connectivity index (χ1n) is 9.67. The third-order valence-corrected chi connectivity index (χ3v) is 4.61. The van der Waals surface area contributed by atoms with E-state index >= 15 is 0 Å².